The van der Waals surface area contributed by atoms with Gasteiger partial charge in [-0.2, -0.15) is 0 Å². The molecule has 1 aliphatic heterocycles. The number of aryl methyl sites for hydroxylation is 1. The van der Waals surface area contributed by atoms with Gasteiger partial charge >= 0.3 is 0 Å². The Morgan fingerprint density at radius 1 is 1.08 bits per heavy atom. The summed E-state index contributed by atoms with van der Waals surface area (Å²) in [6, 6.07) is 9.07. The molecule has 7 heteroatoms. The first kappa shape index (κ1) is 19.1. The van der Waals surface area contributed by atoms with Crippen molar-refractivity contribution in [3.63, 3.8) is 0 Å². The third-order valence-corrected chi connectivity index (χ3v) is 6.82. The van der Waals surface area contributed by atoms with E-state index in [0.717, 1.165) is 55.1 Å². The maximum atomic E-state index is 12.7. The first-order valence-electron chi connectivity index (χ1n) is 8.69. The summed E-state index contributed by atoms with van der Waals surface area (Å²) in [5.41, 5.74) is 2.14. The molecule has 1 aromatic carbocycles. The number of hydrogen-bond acceptors (Lipinski definition) is 5. The summed E-state index contributed by atoms with van der Waals surface area (Å²) in [6.07, 6.45) is 2.16. The second kappa shape index (κ2) is 7.90. The lowest BCUT2D eigenvalue weighted by atomic mass is 10.2. The number of benzene rings is 1. The molecular weight excluding hydrogens is 368 g/mol. The molecule has 0 radical (unpaired) electrons. The van der Waals surface area contributed by atoms with Crippen molar-refractivity contribution in [1.29, 1.82) is 0 Å². The van der Waals surface area contributed by atoms with E-state index in [9.17, 15) is 13.2 Å². The molecule has 0 N–H and O–H groups in total. The topological polar surface area (TPSA) is 57.7 Å². The Morgan fingerprint density at radius 2 is 1.81 bits per heavy atom. The average Bonchev–Trinajstić information content (AvgIpc) is 2.88. The summed E-state index contributed by atoms with van der Waals surface area (Å²) in [4.78, 5) is 18.2. The van der Waals surface area contributed by atoms with E-state index in [-0.39, 0.29) is 5.91 Å². The highest BCUT2D eigenvalue weighted by molar-refractivity contribution is 7.90. The molecule has 26 heavy (non-hydrogen) atoms. The van der Waals surface area contributed by atoms with Crippen LogP contribution in [0.25, 0.3) is 0 Å². The number of rotatable bonds is 4. The number of thiophene rings is 1. The van der Waals surface area contributed by atoms with Crippen molar-refractivity contribution in [2.45, 2.75) is 24.8 Å². The zero-order chi connectivity index (χ0) is 18.7. The predicted octanol–water partition coefficient (Wildman–Crippen LogP) is 2.81. The Kier molecular flexibility index (Phi) is 5.79. The van der Waals surface area contributed by atoms with E-state index in [1.54, 1.807) is 12.1 Å². The van der Waals surface area contributed by atoms with Crippen LogP contribution in [0.1, 0.15) is 27.2 Å². The van der Waals surface area contributed by atoms with Gasteiger partial charge in [-0.1, -0.05) is 12.1 Å². The van der Waals surface area contributed by atoms with Crippen molar-refractivity contribution in [1.82, 2.24) is 9.80 Å². The van der Waals surface area contributed by atoms with E-state index in [0.29, 0.717) is 4.90 Å². The number of carbonyl (C=O) groups is 1. The zero-order valence-corrected chi connectivity index (χ0v) is 16.8. The monoisotopic (exact) mass is 392 g/mol. The van der Waals surface area contributed by atoms with Crippen LogP contribution in [0.15, 0.2) is 40.6 Å². The molecule has 1 aromatic heterocycles. The molecule has 2 heterocycles. The van der Waals surface area contributed by atoms with Crippen LogP contribution < -0.4 is 0 Å². The molecule has 1 saturated heterocycles. The van der Waals surface area contributed by atoms with Crippen molar-refractivity contribution in [2.24, 2.45) is 0 Å². The van der Waals surface area contributed by atoms with Gasteiger partial charge in [0, 0.05) is 39.0 Å². The maximum absolute atomic E-state index is 12.7. The van der Waals surface area contributed by atoms with Gasteiger partial charge in [-0.3, -0.25) is 9.69 Å². The van der Waals surface area contributed by atoms with Crippen molar-refractivity contribution in [3.8, 4) is 0 Å². The highest BCUT2D eigenvalue weighted by atomic mass is 32.2. The van der Waals surface area contributed by atoms with Crippen LogP contribution >= 0.6 is 11.3 Å². The number of nitrogens with zero attached hydrogens (tertiary/aromatic N) is 2. The Balaban J connectivity index is 1.60. The zero-order valence-electron chi connectivity index (χ0n) is 15.1. The van der Waals surface area contributed by atoms with Crippen LogP contribution in [0.2, 0.25) is 0 Å². The second-order valence-corrected chi connectivity index (χ2v) is 9.70. The Hall–Kier alpha value is -1.70. The SMILES string of the molecule is Cc1ccsc1C(=O)N1CCCN(Cc2ccc(S(C)(=O)=O)cc2)CC1. The summed E-state index contributed by atoms with van der Waals surface area (Å²) in [5.74, 6) is 0.136. The van der Waals surface area contributed by atoms with Crippen molar-refractivity contribution in [2.75, 3.05) is 32.4 Å². The van der Waals surface area contributed by atoms with Crippen LogP contribution in [-0.2, 0) is 16.4 Å². The molecule has 0 atom stereocenters. The van der Waals surface area contributed by atoms with Gasteiger partial charge in [0.1, 0.15) is 0 Å². The summed E-state index contributed by atoms with van der Waals surface area (Å²) in [6.45, 7) is 6.00. The Bertz CT molecular complexity index is 872. The van der Waals surface area contributed by atoms with Crippen molar-refractivity contribution in [3.05, 3.63) is 51.7 Å². The first-order valence-corrected chi connectivity index (χ1v) is 11.5. The molecule has 1 fully saturated rings. The fourth-order valence-electron chi connectivity index (χ4n) is 3.17. The molecule has 3 rings (SSSR count). The van der Waals surface area contributed by atoms with Gasteiger partial charge in [-0.05, 0) is 48.1 Å². The number of amides is 1. The largest absolute Gasteiger partial charge is 0.337 e. The molecule has 0 saturated carbocycles. The fraction of sp³-hybridized carbons (Fsp3) is 0.421. The van der Waals surface area contributed by atoms with Crippen LogP contribution in [0, 0.1) is 6.92 Å². The summed E-state index contributed by atoms with van der Waals surface area (Å²) in [5, 5.41) is 1.97. The van der Waals surface area contributed by atoms with Gasteiger partial charge in [0.25, 0.3) is 5.91 Å². The van der Waals surface area contributed by atoms with Crippen LogP contribution in [0.4, 0.5) is 0 Å². The minimum Gasteiger partial charge on any atom is -0.337 e. The Morgan fingerprint density at radius 3 is 2.42 bits per heavy atom. The minimum atomic E-state index is -3.16. The molecular formula is C19H24N2O3S2. The van der Waals surface area contributed by atoms with Crippen molar-refractivity contribution < 1.29 is 13.2 Å². The lowest BCUT2D eigenvalue weighted by Gasteiger charge is -2.22. The fourth-order valence-corrected chi connectivity index (χ4v) is 4.69. The van der Waals surface area contributed by atoms with E-state index in [1.807, 2.05) is 35.4 Å². The van der Waals surface area contributed by atoms with Crippen molar-refractivity contribution >= 4 is 27.1 Å². The maximum Gasteiger partial charge on any atom is 0.264 e. The standard InChI is InChI=1S/C19H24N2O3S2/c1-15-8-13-25-18(15)19(22)21-10-3-9-20(11-12-21)14-16-4-6-17(7-5-16)26(2,23)24/h4-8,13H,3,9-12,14H2,1-2H3. The average molecular weight is 393 g/mol. The molecule has 2 aromatic rings. The van der Waals surface area contributed by atoms with Crippen LogP contribution in [0.5, 0.6) is 0 Å². The summed E-state index contributed by atoms with van der Waals surface area (Å²) < 4.78 is 23.1. The number of sulfone groups is 1. The van der Waals surface area contributed by atoms with E-state index in [1.165, 1.54) is 17.6 Å². The highest BCUT2D eigenvalue weighted by Crippen LogP contribution is 2.19. The molecule has 0 spiro atoms. The molecule has 0 bridgehead atoms. The van der Waals surface area contributed by atoms with Gasteiger partial charge in [-0.15, -0.1) is 11.3 Å². The highest BCUT2D eigenvalue weighted by Gasteiger charge is 2.22. The van der Waals surface area contributed by atoms with E-state index < -0.39 is 9.84 Å². The molecule has 1 aliphatic rings. The molecule has 0 aliphatic carbocycles. The number of hydrogen-bond donors (Lipinski definition) is 0. The normalized spacial score (nSPS) is 16.5. The lowest BCUT2D eigenvalue weighted by Crippen LogP contribution is -2.35. The first-order chi connectivity index (χ1) is 12.3. The van der Waals surface area contributed by atoms with Crippen LogP contribution in [0.3, 0.4) is 0 Å². The van der Waals surface area contributed by atoms with Gasteiger partial charge in [0.05, 0.1) is 9.77 Å². The summed E-state index contributed by atoms with van der Waals surface area (Å²) in [7, 11) is -3.16. The molecule has 0 unspecified atom stereocenters. The summed E-state index contributed by atoms with van der Waals surface area (Å²) >= 11 is 1.51. The van der Waals surface area contributed by atoms with Crippen LogP contribution in [-0.4, -0.2) is 56.6 Å². The molecule has 1 amide bonds. The van der Waals surface area contributed by atoms with Gasteiger partial charge in [0.15, 0.2) is 9.84 Å². The third-order valence-electron chi connectivity index (χ3n) is 4.69. The van der Waals surface area contributed by atoms with Gasteiger partial charge in [-0.25, -0.2) is 8.42 Å². The molecule has 140 valence electrons. The smallest absolute Gasteiger partial charge is 0.264 e. The minimum absolute atomic E-state index is 0.136. The van der Waals surface area contributed by atoms with E-state index >= 15 is 0 Å². The van der Waals surface area contributed by atoms with E-state index in [4.69, 9.17) is 0 Å². The molecule has 5 nitrogen and oxygen atoms in total. The lowest BCUT2D eigenvalue weighted by molar-refractivity contribution is 0.0765. The third kappa shape index (κ3) is 4.52. The second-order valence-electron chi connectivity index (χ2n) is 6.77. The van der Waals surface area contributed by atoms with Gasteiger partial charge in [0.2, 0.25) is 0 Å². The van der Waals surface area contributed by atoms with Gasteiger partial charge < -0.3 is 4.90 Å². The Labute approximate surface area is 159 Å². The predicted molar refractivity (Wildman–Crippen MR) is 104 cm³/mol. The number of carbonyl (C=O) groups excluding carboxylic acids is 1. The quantitative estimate of drug-likeness (QED) is 0.803. The van der Waals surface area contributed by atoms with E-state index in [2.05, 4.69) is 4.90 Å².